The number of H-pyrrole nitrogens is 1. The Balaban J connectivity index is 2.64. The summed E-state index contributed by atoms with van der Waals surface area (Å²) in [6.07, 6.45) is 0. The van der Waals surface area contributed by atoms with Crippen molar-refractivity contribution in [2.24, 2.45) is 0 Å². The monoisotopic (exact) mass is 274 g/mol. The summed E-state index contributed by atoms with van der Waals surface area (Å²) in [6, 6.07) is 0.371. The molecule has 1 heterocycles. The van der Waals surface area contributed by atoms with E-state index in [0.29, 0.717) is 6.61 Å². The highest BCUT2D eigenvalue weighted by molar-refractivity contribution is 7.99. The molecule has 0 amide bonds. The fourth-order valence-corrected chi connectivity index (χ4v) is 2.79. The van der Waals surface area contributed by atoms with E-state index in [0.717, 1.165) is 17.5 Å². The van der Waals surface area contributed by atoms with E-state index < -0.39 is 0 Å². The number of aromatic amines is 1. The predicted molar refractivity (Wildman–Crippen MR) is 73.3 cm³/mol. The van der Waals surface area contributed by atoms with E-state index in [1.807, 2.05) is 13.8 Å². The molecule has 18 heavy (non-hydrogen) atoms. The summed E-state index contributed by atoms with van der Waals surface area (Å²) in [7, 11) is 1.69. The number of ether oxygens (including phenoxy) is 1. The average Bonchev–Trinajstić information content (AvgIpc) is 2.68. The third kappa shape index (κ3) is 4.15. The van der Waals surface area contributed by atoms with Crippen molar-refractivity contribution < 1.29 is 4.74 Å². The Hall–Kier alpha value is -0.790. The molecule has 0 aliphatic rings. The van der Waals surface area contributed by atoms with Crippen LogP contribution >= 0.6 is 11.8 Å². The maximum Gasteiger partial charge on any atom is 0.344 e. The van der Waals surface area contributed by atoms with E-state index >= 15 is 0 Å². The predicted octanol–water partition coefficient (Wildman–Crippen LogP) is 0.869. The number of aromatic nitrogens is 3. The van der Waals surface area contributed by atoms with E-state index in [2.05, 4.69) is 22.4 Å². The van der Waals surface area contributed by atoms with Crippen LogP contribution in [0.4, 0.5) is 0 Å². The summed E-state index contributed by atoms with van der Waals surface area (Å²) in [5.74, 6) is 0.818. The quantitative estimate of drug-likeness (QED) is 0.688. The highest BCUT2D eigenvalue weighted by Gasteiger charge is 2.14. The molecule has 1 unspecified atom stereocenters. The molecule has 0 bridgehead atoms. The number of hydrogen-bond donors (Lipinski definition) is 2. The Morgan fingerprint density at radius 3 is 2.83 bits per heavy atom. The summed E-state index contributed by atoms with van der Waals surface area (Å²) in [4.78, 5) is 11.6. The van der Waals surface area contributed by atoms with E-state index in [1.165, 1.54) is 0 Å². The first-order valence-electron chi connectivity index (χ1n) is 6.12. The molecule has 7 heteroatoms. The second kappa shape index (κ2) is 7.60. The molecule has 0 spiro atoms. The molecule has 104 valence electrons. The number of rotatable bonds is 8. The molecule has 1 atom stereocenters. The third-order valence-corrected chi connectivity index (χ3v) is 3.58. The van der Waals surface area contributed by atoms with Crippen LogP contribution in [0.3, 0.4) is 0 Å². The van der Waals surface area contributed by atoms with Crippen molar-refractivity contribution >= 4 is 11.8 Å². The molecule has 1 aromatic heterocycles. The summed E-state index contributed by atoms with van der Waals surface area (Å²) < 4.78 is 6.82. The molecular weight excluding hydrogens is 252 g/mol. The second-order valence-electron chi connectivity index (χ2n) is 4.30. The number of methoxy groups -OCH3 is 1. The molecular formula is C11H22N4O2S. The lowest BCUT2D eigenvalue weighted by Crippen LogP contribution is -2.35. The molecule has 1 rings (SSSR count). The van der Waals surface area contributed by atoms with E-state index in [-0.39, 0.29) is 17.8 Å². The van der Waals surface area contributed by atoms with Crippen molar-refractivity contribution in [2.45, 2.75) is 38.0 Å². The van der Waals surface area contributed by atoms with Crippen LogP contribution in [0.5, 0.6) is 0 Å². The molecule has 0 saturated carbocycles. The molecule has 0 aliphatic carbocycles. The van der Waals surface area contributed by atoms with Gasteiger partial charge in [-0.05, 0) is 20.4 Å². The minimum Gasteiger partial charge on any atom is -0.383 e. The standard InChI is InChI=1S/C11H22N4O2S/c1-5-12-9(6-17-4)7-18-11-14-13-10(16)15(11)8(2)3/h8-9,12H,5-7H2,1-4H3,(H,13,16). The maximum atomic E-state index is 11.6. The van der Waals surface area contributed by atoms with Crippen LogP contribution in [0.2, 0.25) is 0 Å². The minimum absolute atomic E-state index is 0.110. The number of likely N-dealkylation sites (N-methyl/N-ethyl adjacent to an activating group) is 1. The SMILES string of the molecule is CCNC(COC)CSc1n[nH]c(=O)n1C(C)C. The Kier molecular flexibility index (Phi) is 6.45. The number of thioether (sulfide) groups is 1. The summed E-state index contributed by atoms with van der Waals surface area (Å²) in [5.41, 5.74) is -0.153. The maximum absolute atomic E-state index is 11.6. The van der Waals surface area contributed by atoms with Crippen LogP contribution in [-0.2, 0) is 4.74 Å². The topological polar surface area (TPSA) is 71.9 Å². The van der Waals surface area contributed by atoms with Gasteiger partial charge in [-0.3, -0.25) is 4.57 Å². The fraction of sp³-hybridized carbons (Fsp3) is 0.818. The first-order valence-corrected chi connectivity index (χ1v) is 7.10. The highest BCUT2D eigenvalue weighted by atomic mass is 32.2. The van der Waals surface area contributed by atoms with Crippen LogP contribution in [0.1, 0.15) is 26.8 Å². The zero-order valence-corrected chi connectivity index (χ0v) is 12.2. The highest BCUT2D eigenvalue weighted by Crippen LogP contribution is 2.17. The number of nitrogens with one attached hydrogen (secondary N) is 2. The van der Waals surface area contributed by atoms with Crippen LogP contribution in [0.15, 0.2) is 9.95 Å². The van der Waals surface area contributed by atoms with Gasteiger partial charge in [0, 0.05) is 24.9 Å². The fourth-order valence-electron chi connectivity index (χ4n) is 1.68. The van der Waals surface area contributed by atoms with Gasteiger partial charge >= 0.3 is 5.69 Å². The van der Waals surface area contributed by atoms with Crippen molar-refractivity contribution in [3.63, 3.8) is 0 Å². The molecule has 0 aromatic carbocycles. The lowest BCUT2D eigenvalue weighted by atomic mass is 10.3. The van der Waals surface area contributed by atoms with Crippen LogP contribution in [-0.4, -0.2) is 46.8 Å². The molecule has 6 nitrogen and oxygen atoms in total. The van der Waals surface area contributed by atoms with Gasteiger partial charge < -0.3 is 10.1 Å². The smallest absolute Gasteiger partial charge is 0.344 e. The van der Waals surface area contributed by atoms with E-state index in [9.17, 15) is 4.79 Å². The number of hydrogen-bond acceptors (Lipinski definition) is 5. The average molecular weight is 274 g/mol. The first-order chi connectivity index (χ1) is 8.60. The van der Waals surface area contributed by atoms with Crippen LogP contribution in [0.25, 0.3) is 0 Å². The third-order valence-electron chi connectivity index (χ3n) is 2.46. The van der Waals surface area contributed by atoms with Gasteiger partial charge in [0.25, 0.3) is 0 Å². The molecule has 0 radical (unpaired) electrons. The van der Waals surface area contributed by atoms with E-state index in [4.69, 9.17) is 4.74 Å². The lowest BCUT2D eigenvalue weighted by molar-refractivity contribution is 0.174. The van der Waals surface area contributed by atoms with Gasteiger partial charge in [0.15, 0.2) is 5.16 Å². The van der Waals surface area contributed by atoms with Gasteiger partial charge in [-0.15, -0.1) is 5.10 Å². The van der Waals surface area contributed by atoms with Gasteiger partial charge in [-0.2, -0.15) is 0 Å². The normalized spacial score (nSPS) is 13.2. The van der Waals surface area contributed by atoms with Gasteiger partial charge in [0.05, 0.1) is 6.61 Å². The molecule has 0 aliphatic heterocycles. The van der Waals surface area contributed by atoms with Crippen molar-refractivity contribution in [1.29, 1.82) is 0 Å². The van der Waals surface area contributed by atoms with Crippen LogP contribution in [0, 0.1) is 0 Å². The molecule has 2 N–H and O–H groups in total. The Bertz CT molecular complexity index is 396. The molecule has 0 fully saturated rings. The van der Waals surface area contributed by atoms with Gasteiger partial charge in [-0.1, -0.05) is 18.7 Å². The largest absolute Gasteiger partial charge is 0.383 e. The minimum atomic E-state index is -0.153. The van der Waals surface area contributed by atoms with Crippen molar-refractivity contribution in [1.82, 2.24) is 20.1 Å². The Morgan fingerprint density at radius 2 is 2.28 bits per heavy atom. The van der Waals surface area contributed by atoms with Crippen molar-refractivity contribution in [3.8, 4) is 0 Å². The molecule has 1 aromatic rings. The summed E-state index contributed by atoms with van der Waals surface area (Å²) >= 11 is 1.56. The van der Waals surface area contributed by atoms with Gasteiger partial charge in [-0.25, -0.2) is 9.89 Å². The summed E-state index contributed by atoms with van der Waals surface area (Å²) in [6.45, 7) is 7.55. The zero-order chi connectivity index (χ0) is 13.5. The van der Waals surface area contributed by atoms with Gasteiger partial charge in [0.2, 0.25) is 0 Å². The van der Waals surface area contributed by atoms with Crippen molar-refractivity contribution in [3.05, 3.63) is 10.5 Å². The Morgan fingerprint density at radius 1 is 1.56 bits per heavy atom. The lowest BCUT2D eigenvalue weighted by Gasteiger charge is -2.16. The van der Waals surface area contributed by atoms with Crippen molar-refractivity contribution in [2.75, 3.05) is 26.0 Å². The Labute approximate surface area is 111 Å². The molecule has 0 saturated heterocycles. The summed E-state index contributed by atoms with van der Waals surface area (Å²) in [5, 5.41) is 10.6. The van der Waals surface area contributed by atoms with E-state index in [1.54, 1.807) is 23.4 Å². The first kappa shape index (κ1) is 15.3. The second-order valence-corrected chi connectivity index (χ2v) is 5.28. The zero-order valence-electron chi connectivity index (χ0n) is 11.4. The van der Waals surface area contributed by atoms with Gasteiger partial charge in [0.1, 0.15) is 0 Å². The van der Waals surface area contributed by atoms with Crippen LogP contribution < -0.4 is 11.0 Å². The number of nitrogens with zero attached hydrogens (tertiary/aromatic N) is 2.